The zero-order valence-electron chi connectivity index (χ0n) is 14.2. The minimum atomic E-state index is -0.0205. The Labute approximate surface area is 147 Å². The molecular formula is C19H21N5O. The highest BCUT2D eigenvalue weighted by molar-refractivity contribution is 5.52. The Kier molecular flexibility index (Phi) is 4.54. The predicted molar refractivity (Wildman–Crippen MR) is 94.9 cm³/mol. The lowest BCUT2D eigenvalue weighted by Gasteiger charge is -2.36. The highest BCUT2D eigenvalue weighted by atomic mass is 16.5. The smallest absolute Gasteiger partial charge is 0.248 e. The third-order valence-corrected chi connectivity index (χ3v) is 4.61. The molecule has 25 heavy (non-hydrogen) atoms. The van der Waals surface area contributed by atoms with Gasteiger partial charge in [0.15, 0.2) is 0 Å². The van der Waals surface area contributed by atoms with Crippen LogP contribution in [-0.2, 0) is 0 Å². The van der Waals surface area contributed by atoms with Gasteiger partial charge in [0.05, 0.1) is 0 Å². The molecule has 128 valence electrons. The van der Waals surface area contributed by atoms with Crippen molar-refractivity contribution in [2.45, 2.75) is 6.04 Å². The summed E-state index contributed by atoms with van der Waals surface area (Å²) >= 11 is 0. The van der Waals surface area contributed by atoms with E-state index in [1.807, 2.05) is 18.2 Å². The lowest BCUT2D eigenvalue weighted by Crippen LogP contribution is -2.46. The van der Waals surface area contributed by atoms with Gasteiger partial charge in [-0.15, -0.1) is 0 Å². The van der Waals surface area contributed by atoms with Crippen LogP contribution < -0.4 is 0 Å². The van der Waals surface area contributed by atoms with Crippen LogP contribution in [-0.4, -0.2) is 58.2 Å². The maximum Gasteiger partial charge on any atom is 0.248 e. The zero-order chi connectivity index (χ0) is 17.1. The first kappa shape index (κ1) is 15.9. The van der Waals surface area contributed by atoms with Crippen LogP contribution in [0.1, 0.15) is 17.5 Å². The second-order valence-corrected chi connectivity index (χ2v) is 6.35. The fourth-order valence-electron chi connectivity index (χ4n) is 3.18. The summed E-state index contributed by atoms with van der Waals surface area (Å²) in [5.74, 6) is 1.22. The number of hydrogen-bond donors (Lipinski definition) is 0. The Morgan fingerprint density at radius 3 is 2.52 bits per heavy atom. The lowest BCUT2D eigenvalue weighted by molar-refractivity contribution is 0.111. The molecule has 1 aliphatic rings. The molecule has 1 atom stereocenters. The summed E-state index contributed by atoms with van der Waals surface area (Å²) in [5.41, 5.74) is 2.04. The first-order valence-electron chi connectivity index (χ1n) is 8.53. The summed E-state index contributed by atoms with van der Waals surface area (Å²) in [4.78, 5) is 13.6. The third-order valence-electron chi connectivity index (χ3n) is 4.61. The molecule has 0 bridgehead atoms. The van der Waals surface area contributed by atoms with Crippen LogP contribution in [0, 0.1) is 0 Å². The van der Waals surface area contributed by atoms with Gasteiger partial charge in [0.1, 0.15) is 6.04 Å². The monoisotopic (exact) mass is 335 g/mol. The number of benzene rings is 1. The van der Waals surface area contributed by atoms with Gasteiger partial charge in [0.25, 0.3) is 0 Å². The van der Waals surface area contributed by atoms with Crippen molar-refractivity contribution in [1.29, 1.82) is 0 Å². The standard InChI is InChI=1S/C19H21N5O/c1-23-10-12-24(13-11-23)17(15-6-3-2-4-7-15)19-21-18(22-25-19)16-8-5-9-20-14-16/h2-9,14,17H,10-13H2,1H3/t17-/m1/s1. The summed E-state index contributed by atoms with van der Waals surface area (Å²) in [7, 11) is 2.15. The molecule has 0 amide bonds. The summed E-state index contributed by atoms with van der Waals surface area (Å²) < 4.78 is 5.67. The Hall–Kier alpha value is -2.57. The molecule has 2 aromatic heterocycles. The molecule has 0 saturated carbocycles. The zero-order valence-corrected chi connectivity index (χ0v) is 14.2. The summed E-state index contributed by atoms with van der Waals surface area (Å²) in [5, 5.41) is 4.18. The number of aromatic nitrogens is 3. The molecular weight excluding hydrogens is 314 g/mol. The van der Waals surface area contributed by atoms with Gasteiger partial charge in [0, 0.05) is 44.1 Å². The van der Waals surface area contributed by atoms with Crippen LogP contribution in [0.15, 0.2) is 59.4 Å². The Morgan fingerprint density at radius 2 is 1.80 bits per heavy atom. The van der Waals surface area contributed by atoms with E-state index in [4.69, 9.17) is 4.52 Å². The van der Waals surface area contributed by atoms with Crippen LogP contribution in [0.3, 0.4) is 0 Å². The van der Waals surface area contributed by atoms with E-state index >= 15 is 0 Å². The maximum absolute atomic E-state index is 5.67. The average molecular weight is 335 g/mol. The van der Waals surface area contributed by atoms with E-state index in [1.54, 1.807) is 12.4 Å². The van der Waals surface area contributed by atoms with E-state index in [-0.39, 0.29) is 6.04 Å². The maximum atomic E-state index is 5.67. The predicted octanol–water partition coefficient (Wildman–Crippen LogP) is 2.47. The summed E-state index contributed by atoms with van der Waals surface area (Å²) in [6.07, 6.45) is 3.49. The molecule has 1 saturated heterocycles. The quantitative estimate of drug-likeness (QED) is 0.730. The van der Waals surface area contributed by atoms with Crippen molar-refractivity contribution in [3.8, 4) is 11.4 Å². The molecule has 0 spiro atoms. The largest absolute Gasteiger partial charge is 0.337 e. The third kappa shape index (κ3) is 3.45. The molecule has 0 aliphatic carbocycles. The summed E-state index contributed by atoms with van der Waals surface area (Å²) in [6, 6.07) is 14.2. The van der Waals surface area contributed by atoms with Crippen LogP contribution >= 0.6 is 0 Å². The van der Waals surface area contributed by atoms with Crippen LogP contribution in [0.5, 0.6) is 0 Å². The van der Waals surface area contributed by atoms with Crippen molar-refractivity contribution < 1.29 is 4.52 Å². The van der Waals surface area contributed by atoms with Crippen LogP contribution in [0.25, 0.3) is 11.4 Å². The van der Waals surface area contributed by atoms with Crippen molar-refractivity contribution in [3.63, 3.8) is 0 Å². The summed E-state index contributed by atoms with van der Waals surface area (Å²) in [6.45, 7) is 4.02. The fourth-order valence-corrected chi connectivity index (χ4v) is 3.18. The van der Waals surface area contributed by atoms with E-state index in [0.717, 1.165) is 31.7 Å². The molecule has 0 unspecified atom stereocenters. The lowest BCUT2D eigenvalue weighted by atomic mass is 10.0. The van der Waals surface area contributed by atoms with Gasteiger partial charge < -0.3 is 9.42 Å². The molecule has 6 nitrogen and oxygen atoms in total. The van der Waals surface area contributed by atoms with E-state index in [1.165, 1.54) is 5.56 Å². The number of rotatable bonds is 4. The molecule has 1 aliphatic heterocycles. The molecule has 1 aromatic carbocycles. The normalized spacial score (nSPS) is 17.5. The van der Waals surface area contributed by atoms with Gasteiger partial charge in [-0.1, -0.05) is 35.5 Å². The average Bonchev–Trinajstić information content (AvgIpc) is 3.15. The molecule has 0 N–H and O–H groups in total. The van der Waals surface area contributed by atoms with Crippen molar-refractivity contribution in [2.24, 2.45) is 0 Å². The van der Waals surface area contributed by atoms with E-state index in [2.05, 4.69) is 56.2 Å². The van der Waals surface area contributed by atoms with Crippen LogP contribution in [0.4, 0.5) is 0 Å². The molecule has 3 heterocycles. The Morgan fingerprint density at radius 1 is 1.00 bits per heavy atom. The van der Waals surface area contributed by atoms with Gasteiger partial charge in [0.2, 0.25) is 11.7 Å². The SMILES string of the molecule is CN1CCN([C@H](c2ccccc2)c2nc(-c3cccnc3)no2)CC1. The topological polar surface area (TPSA) is 58.3 Å². The first-order chi connectivity index (χ1) is 12.3. The van der Waals surface area contributed by atoms with Crippen molar-refractivity contribution in [3.05, 3.63) is 66.3 Å². The second-order valence-electron chi connectivity index (χ2n) is 6.35. The number of nitrogens with zero attached hydrogens (tertiary/aromatic N) is 5. The Bertz CT molecular complexity index is 797. The number of piperazine rings is 1. The molecule has 3 aromatic rings. The molecule has 1 fully saturated rings. The molecule has 6 heteroatoms. The van der Waals surface area contributed by atoms with Gasteiger partial charge >= 0.3 is 0 Å². The minimum Gasteiger partial charge on any atom is -0.337 e. The number of likely N-dealkylation sites (N-methyl/N-ethyl adjacent to an activating group) is 1. The van der Waals surface area contributed by atoms with Gasteiger partial charge in [-0.2, -0.15) is 4.98 Å². The molecule has 4 rings (SSSR count). The minimum absolute atomic E-state index is 0.0205. The van der Waals surface area contributed by atoms with Crippen LogP contribution in [0.2, 0.25) is 0 Å². The van der Waals surface area contributed by atoms with E-state index in [9.17, 15) is 0 Å². The van der Waals surface area contributed by atoms with E-state index < -0.39 is 0 Å². The molecule has 0 radical (unpaired) electrons. The van der Waals surface area contributed by atoms with Crippen molar-refractivity contribution in [2.75, 3.05) is 33.2 Å². The number of hydrogen-bond acceptors (Lipinski definition) is 6. The second kappa shape index (κ2) is 7.13. The van der Waals surface area contributed by atoms with Gasteiger partial charge in [-0.05, 0) is 24.7 Å². The first-order valence-corrected chi connectivity index (χ1v) is 8.53. The fraction of sp³-hybridized carbons (Fsp3) is 0.316. The van der Waals surface area contributed by atoms with Gasteiger partial charge in [-0.3, -0.25) is 9.88 Å². The highest BCUT2D eigenvalue weighted by Gasteiger charge is 2.30. The van der Waals surface area contributed by atoms with Gasteiger partial charge in [-0.25, -0.2) is 0 Å². The van der Waals surface area contributed by atoms with Crippen molar-refractivity contribution >= 4 is 0 Å². The van der Waals surface area contributed by atoms with Crippen molar-refractivity contribution in [1.82, 2.24) is 24.9 Å². The highest BCUT2D eigenvalue weighted by Crippen LogP contribution is 2.29. The number of pyridine rings is 1. The van der Waals surface area contributed by atoms with E-state index in [0.29, 0.717) is 11.7 Å². The Balaban J connectivity index is 1.68.